The quantitative estimate of drug-likeness (QED) is 0.829. The van der Waals surface area contributed by atoms with Gasteiger partial charge in [-0.1, -0.05) is 0 Å². The number of carbonyl (C=O) groups is 1. The van der Waals surface area contributed by atoms with Crippen molar-refractivity contribution in [2.45, 2.75) is 13.0 Å². The molecule has 0 radical (unpaired) electrons. The van der Waals surface area contributed by atoms with Gasteiger partial charge in [-0.2, -0.15) is 0 Å². The van der Waals surface area contributed by atoms with Gasteiger partial charge in [0.1, 0.15) is 11.5 Å². The van der Waals surface area contributed by atoms with Crippen LogP contribution in [0.25, 0.3) is 0 Å². The highest BCUT2D eigenvalue weighted by molar-refractivity contribution is 5.94. The van der Waals surface area contributed by atoms with Crippen molar-refractivity contribution in [3.63, 3.8) is 0 Å². The third kappa shape index (κ3) is 4.14. The zero-order valence-corrected chi connectivity index (χ0v) is 12.0. The summed E-state index contributed by atoms with van der Waals surface area (Å²) in [7, 11) is 1.60. The number of nitrogens with two attached hydrogens (primary N) is 1. The van der Waals surface area contributed by atoms with E-state index in [1.807, 2.05) is 0 Å². The van der Waals surface area contributed by atoms with Gasteiger partial charge in [0.15, 0.2) is 6.10 Å². The van der Waals surface area contributed by atoms with Crippen LogP contribution in [0.2, 0.25) is 0 Å². The topological polar surface area (TPSA) is 73.6 Å². The Morgan fingerprint density at radius 3 is 2.19 bits per heavy atom. The molecule has 0 aliphatic rings. The Morgan fingerprint density at radius 2 is 1.62 bits per heavy atom. The fourth-order valence-corrected chi connectivity index (χ4v) is 1.72. The van der Waals surface area contributed by atoms with Crippen molar-refractivity contribution < 1.29 is 14.3 Å². The zero-order valence-electron chi connectivity index (χ0n) is 12.0. The van der Waals surface area contributed by atoms with Crippen LogP contribution in [0.5, 0.6) is 11.5 Å². The highest BCUT2D eigenvalue weighted by atomic mass is 16.5. The molecule has 0 saturated carbocycles. The average molecular weight is 286 g/mol. The third-order valence-corrected chi connectivity index (χ3v) is 2.92. The average Bonchev–Trinajstić information content (AvgIpc) is 2.50. The summed E-state index contributed by atoms with van der Waals surface area (Å²) in [6.45, 7) is 1.69. The Hall–Kier alpha value is -2.69. The van der Waals surface area contributed by atoms with Gasteiger partial charge < -0.3 is 20.5 Å². The monoisotopic (exact) mass is 286 g/mol. The Morgan fingerprint density at radius 1 is 1.05 bits per heavy atom. The molecule has 3 N–H and O–H groups in total. The number of benzene rings is 2. The lowest BCUT2D eigenvalue weighted by Gasteiger charge is -2.15. The van der Waals surface area contributed by atoms with Gasteiger partial charge in [-0.15, -0.1) is 0 Å². The minimum absolute atomic E-state index is 0.226. The lowest BCUT2D eigenvalue weighted by molar-refractivity contribution is -0.122. The molecule has 0 aliphatic heterocycles. The Labute approximate surface area is 123 Å². The molecule has 2 rings (SSSR count). The molecule has 0 spiro atoms. The van der Waals surface area contributed by atoms with Crippen LogP contribution >= 0.6 is 0 Å². The molecule has 0 saturated heterocycles. The molecule has 1 amide bonds. The molecule has 2 aromatic carbocycles. The van der Waals surface area contributed by atoms with Crippen molar-refractivity contribution in [3.8, 4) is 11.5 Å². The predicted octanol–water partition coefficient (Wildman–Crippen LogP) is 2.68. The van der Waals surface area contributed by atoms with Gasteiger partial charge >= 0.3 is 0 Å². The number of amides is 1. The summed E-state index contributed by atoms with van der Waals surface area (Å²) in [5.74, 6) is 1.12. The van der Waals surface area contributed by atoms with Crippen LogP contribution in [0.15, 0.2) is 48.5 Å². The number of hydrogen-bond acceptors (Lipinski definition) is 4. The van der Waals surface area contributed by atoms with Gasteiger partial charge in [0.25, 0.3) is 5.91 Å². The smallest absolute Gasteiger partial charge is 0.265 e. The van der Waals surface area contributed by atoms with Gasteiger partial charge in [-0.3, -0.25) is 4.79 Å². The number of carbonyl (C=O) groups excluding carboxylic acids is 1. The number of nitrogen functional groups attached to an aromatic ring is 1. The van der Waals surface area contributed by atoms with E-state index in [9.17, 15) is 4.79 Å². The molecule has 2 aromatic rings. The summed E-state index contributed by atoms with van der Waals surface area (Å²) in [4.78, 5) is 12.0. The molecule has 5 nitrogen and oxygen atoms in total. The normalized spacial score (nSPS) is 11.5. The standard InChI is InChI=1S/C16H18N2O3/c1-11(21-15-9-7-14(20-2)8-10-15)16(19)18-13-5-3-12(17)4-6-13/h3-11H,17H2,1-2H3,(H,18,19)/t11-/m0/s1. The van der Waals surface area contributed by atoms with Gasteiger partial charge in [0, 0.05) is 11.4 Å². The zero-order chi connectivity index (χ0) is 15.2. The summed E-state index contributed by atoms with van der Waals surface area (Å²) in [5.41, 5.74) is 6.92. The maximum Gasteiger partial charge on any atom is 0.265 e. The summed E-state index contributed by atoms with van der Waals surface area (Å²) in [6.07, 6.45) is -0.615. The molecule has 0 heterocycles. The first-order valence-electron chi connectivity index (χ1n) is 6.55. The summed E-state index contributed by atoms with van der Waals surface area (Å²) in [5, 5.41) is 2.77. The first kappa shape index (κ1) is 14.7. The molecular weight excluding hydrogens is 268 g/mol. The van der Waals surface area contributed by atoms with Gasteiger partial charge in [-0.05, 0) is 55.5 Å². The molecule has 0 aliphatic carbocycles. The molecule has 5 heteroatoms. The van der Waals surface area contributed by atoms with E-state index < -0.39 is 6.10 Å². The van der Waals surface area contributed by atoms with E-state index in [2.05, 4.69) is 5.32 Å². The highest BCUT2D eigenvalue weighted by Gasteiger charge is 2.14. The van der Waals surface area contributed by atoms with Crippen molar-refractivity contribution in [1.29, 1.82) is 0 Å². The molecule has 0 bridgehead atoms. The van der Waals surface area contributed by atoms with E-state index in [0.717, 1.165) is 5.75 Å². The van der Waals surface area contributed by atoms with Crippen molar-refractivity contribution in [2.24, 2.45) is 0 Å². The van der Waals surface area contributed by atoms with Crippen LogP contribution in [0.1, 0.15) is 6.92 Å². The van der Waals surface area contributed by atoms with E-state index in [1.165, 1.54) is 0 Å². The highest BCUT2D eigenvalue weighted by Crippen LogP contribution is 2.18. The number of anilines is 2. The van der Waals surface area contributed by atoms with Crippen LogP contribution in [0.4, 0.5) is 11.4 Å². The second-order valence-electron chi connectivity index (χ2n) is 4.55. The van der Waals surface area contributed by atoms with Crippen LogP contribution < -0.4 is 20.5 Å². The molecule has 110 valence electrons. The molecule has 0 unspecified atom stereocenters. The maximum atomic E-state index is 12.0. The number of ether oxygens (including phenoxy) is 2. The van der Waals surface area contributed by atoms with Crippen LogP contribution in [-0.2, 0) is 4.79 Å². The summed E-state index contributed by atoms with van der Waals surface area (Å²) < 4.78 is 10.6. The minimum Gasteiger partial charge on any atom is -0.497 e. The Kier molecular flexibility index (Phi) is 4.66. The summed E-state index contributed by atoms with van der Waals surface area (Å²) >= 11 is 0. The first-order chi connectivity index (χ1) is 10.1. The van der Waals surface area contributed by atoms with Crippen molar-refractivity contribution in [1.82, 2.24) is 0 Å². The van der Waals surface area contributed by atoms with E-state index in [0.29, 0.717) is 17.1 Å². The number of hydrogen-bond donors (Lipinski definition) is 2. The van der Waals surface area contributed by atoms with E-state index in [4.69, 9.17) is 15.2 Å². The van der Waals surface area contributed by atoms with Gasteiger partial charge in [-0.25, -0.2) is 0 Å². The van der Waals surface area contributed by atoms with Crippen LogP contribution in [0.3, 0.4) is 0 Å². The number of methoxy groups -OCH3 is 1. The lowest BCUT2D eigenvalue weighted by atomic mass is 10.2. The second-order valence-corrected chi connectivity index (χ2v) is 4.55. The first-order valence-corrected chi connectivity index (χ1v) is 6.55. The molecule has 0 fully saturated rings. The number of nitrogens with one attached hydrogen (secondary N) is 1. The summed E-state index contributed by atoms with van der Waals surface area (Å²) in [6, 6.07) is 14.0. The SMILES string of the molecule is COc1ccc(O[C@@H](C)C(=O)Nc2ccc(N)cc2)cc1. The van der Waals surface area contributed by atoms with E-state index in [1.54, 1.807) is 62.6 Å². The van der Waals surface area contributed by atoms with Crippen LogP contribution in [-0.4, -0.2) is 19.1 Å². The fourth-order valence-electron chi connectivity index (χ4n) is 1.72. The van der Waals surface area contributed by atoms with Gasteiger partial charge in [0.2, 0.25) is 0 Å². The second kappa shape index (κ2) is 6.65. The van der Waals surface area contributed by atoms with E-state index >= 15 is 0 Å². The molecule has 0 aromatic heterocycles. The van der Waals surface area contributed by atoms with Gasteiger partial charge in [0.05, 0.1) is 7.11 Å². The fraction of sp³-hybridized carbons (Fsp3) is 0.188. The lowest BCUT2D eigenvalue weighted by Crippen LogP contribution is -2.30. The Balaban J connectivity index is 1.93. The molecule has 1 atom stereocenters. The molecule has 21 heavy (non-hydrogen) atoms. The van der Waals surface area contributed by atoms with Crippen molar-refractivity contribution in [2.75, 3.05) is 18.2 Å². The minimum atomic E-state index is -0.615. The molecular formula is C16H18N2O3. The Bertz CT molecular complexity index is 594. The van der Waals surface area contributed by atoms with E-state index in [-0.39, 0.29) is 5.91 Å². The maximum absolute atomic E-state index is 12.0. The predicted molar refractivity (Wildman–Crippen MR) is 82.6 cm³/mol. The third-order valence-electron chi connectivity index (χ3n) is 2.92. The largest absolute Gasteiger partial charge is 0.497 e. The van der Waals surface area contributed by atoms with Crippen molar-refractivity contribution in [3.05, 3.63) is 48.5 Å². The number of rotatable bonds is 5. The van der Waals surface area contributed by atoms with Crippen LogP contribution in [0, 0.1) is 0 Å². The van der Waals surface area contributed by atoms with Crippen molar-refractivity contribution >= 4 is 17.3 Å².